The van der Waals surface area contributed by atoms with Crippen LogP contribution in [0.3, 0.4) is 0 Å². The zero-order valence-corrected chi connectivity index (χ0v) is 8.34. The first-order chi connectivity index (χ1) is 7.29. The van der Waals surface area contributed by atoms with E-state index in [1.807, 2.05) is 18.2 Å². The summed E-state index contributed by atoms with van der Waals surface area (Å²) >= 11 is 0. The molecule has 0 unspecified atom stereocenters. The van der Waals surface area contributed by atoms with Crippen LogP contribution < -0.4 is 10.5 Å². The van der Waals surface area contributed by atoms with Gasteiger partial charge in [-0.05, 0) is 18.2 Å². The fraction of sp³-hybridized carbons (Fsp3) is 0.0909. The molecule has 2 rings (SSSR count). The quantitative estimate of drug-likeness (QED) is 0.803. The Bertz CT molecular complexity index is 471. The highest BCUT2D eigenvalue weighted by Gasteiger charge is 2.01. The summed E-state index contributed by atoms with van der Waals surface area (Å²) in [6.07, 6.45) is 3.36. The number of ether oxygens (including phenoxy) is 1. The number of pyridine rings is 2. The van der Waals surface area contributed by atoms with E-state index in [1.165, 1.54) is 0 Å². The summed E-state index contributed by atoms with van der Waals surface area (Å²) in [5.41, 5.74) is 8.12. The van der Waals surface area contributed by atoms with Crippen LogP contribution in [-0.4, -0.2) is 17.1 Å². The zero-order chi connectivity index (χ0) is 10.7. The minimum absolute atomic E-state index is 0.566. The molecule has 2 aromatic rings. The number of anilines is 1. The third-order valence-corrected chi connectivity index (χ3v) is 2.02. The lowest BCUT2D eigenvalue weighted by Crippen LogP contribution is -1.91. The van der Waals surface area contributed by atoms with Crippen LogP contribution in [0.1, 0.15) is 0 Å². The van der Waals surface area contributed by atoms with Gasteiger partial charge >= 0.3 is 0 Å². The molecule has 0 saturated heterocycles. The number of rotatable bonds is 2. The average molecular weight is 201 g/mol. The molecule has 4 heteroatoms. The lowest BCUT2D eigenvalue weighted by Gasteiger charge is -2.03. The third-order valence-electron chi connectivity index (χ3n) is 2.02. The first-order valence-electron chi connectivity index (χ1n) is 4.51. The molecular weight excluding hydrogens is 190 g/mol. The molecule has 0 aromatic carbocycles. The number of aromatic nitrogens is 2. The standard InChI is InChI=1S/C11H11N3O/c1-15-11-6-8(2-4-14-11)10-7-9(12)3-5-13-10/h2-7H,1H3,(H2,12,13). The molecule has 4 nitrogen and oxygen atoms in total. The van der Waals surface area contributed by atoms with Crippen molar-refractivity contribution >= 4 is 5.69 Å². The van der Waals surface area contributed by atoms with Gasteiger partial charge in [-0.2, -0.15) is 0 Å². The second kappa shape index (κ2) is 3.96. The predicted octanol–water partition coefficient (Wildman–Crippen LogP) is 1.73. The molecule has 15 heavy (non-hydrogen) atoms. The molecule has 2 heterocycles. The van der Waals surface area contributed by atoms with Gasteiger partial charge in [0.25, 0.3) is 0 Å². The second-order valence-electron chi connectivity index (χ2n) is 3.06. The van der Waals surface area contributed by atoms with Crippen molar-refractivity contribution in [3.8, 4) is 17.1 Å². The minimum Gasteiger partial charge on any atom is -0.481 e. The molecule has 0 aliphatic carbocycles. The Morgan fingerprint density at radius 1 is 1.13 bits per heavy atom. The Morgan fingerprint density at radius 2 is 1.93 bits per heavy atom. The topological polar surface area (TPSA) is 61.0 Å². The van der Waals surface area contributed by atoms with Crippen molar-refractivity contribution in [2.24, 2.45) is 0 Å². The first-order valence-corrected chi connectivity index (χ1v) is 4.51. The minimum atomic E-state index is 0.566. The molecule has 76 valence electrons. The van der Waals surface area contributed by atoms with E-state index in [0.29, 0.717) is 11.6 Å². The Hall–Kier alpha value is -2.10. The second-order valence-corrected chi connectivity index (χ2v) is 3.06. The largest absolute Gasteiger partial charge is 0.481 e. The van der Waals surface area contributed by atoms with E-state index in [0.717, 1.165) is 11.3 Å². The van der Waals surface area contributed by atoms with Crippen molar-refractivity contribution in [1.82, 2.24) is 9.97 Å². The summed E-state index contributed by atoms with van der Waals surface area (Å²) in [6.45, 7) is 0. The van der Waals surface area contributed by atoms with Crippen LogP contribution in [0.2, 0.25) is 0 Å². The van der Waals surface area contributed by atoms with Crippen LogP contribution in [0.15, 0.2) is 36.7 Å². The van der Waals surface area contributed by atoms with Crippen molar-refractivity contribution in [2.45, 2.75) is 0 Å². The number of nitrogen functional groups attached to an aromatic ring is 1. The van der Waals surface area contributed by atoms with Crippen molar-refractivity contribution in [1.29, 1.82) is 0 Å². The van der Waals surface area contributed by atoms with Gasteiger partial charge in [-0.1, -0.05) is 0 Å². The van der Waals surface area contributed by atoms with Crippen LogP contribution >= 0.6 is 0 Å². The summed E-state index contributed by atoms with van der Waals surface area (Å²) < 4.78 is 5.04. The molecule has 0 amide bonds. The van der Waals surface area contributed by atoms with Gasteiger partial charge in [0, 0.05) is 29.7 Å². The maximum atomic E-state index is 5.68. The van der Waals surface area contributed by atoms with Gasteiger partial charge in [-0.25, -0.2) is 4.98 Å². The molecule has 0 radical (unpaired) electrons. The molecule has 0 atom stereocenters. The summed E-state index contributed by atoms with van der Waals surface area (Å²) in [5.74, 6) is 0.566. The van der Waals surface area contributed by atoms with Crippen molar-refractivity contribution < 1.29 is 4.74 Å². The van der Waals surface area contributed by atoms with Gasteiger partial charge in [0.2, 0.25) is 5.88 Å². The SMILES string of the molecule is COc1cc(-c2cc(N)ccn2)ccn1. The average Bonchev–Trinajstić information content (AvgIpc) is 2.29. The highest BCUT2D eigenvalue weighted by atomic mass is 16.5. The summed E-state index contributed by atoms with van der Waals surface area (Å²) in [6, 6.07) is 7.25. The van der Waals surface area contributed by atoms with Crippen LogP contribution in [0.4, 0.5) is 5.69 Å². The Morgan fingerprint density at radius 3 is 2.67 bits per heavy atom. The van der Waals surface area contributed by atoms with E-state index in [1.54, 1.807) is 25.6 Å². The zero-order valence-electron chi connectivity index (χ0n) is 8.34. The Balaban J connectivity index is 2.44. The molecule has 2 N–H and O–H groups in total. The maximum absolute atomic E-state index is 5.68. The number of nitrogens with zero attached hydrogens (tertiary/aromatic N) is 2. The molecule has 2 aromatic heterocycles. The van der Waals surface area contributed by atoms with Gasteiger partial charge in [0.05, 0.1) is 12.8 Å². The van der Waals surface area contributed by atoms with Crippen molar-refractivity contribution in [3.05, 3.63) is 36.7 Å². The monoisotopic (exact) mass is 201 g/mol. The van der Waals surface area contributed by atoms with Crippen LogP contribution in [0.5, 0.6) is 5.88 Å². The van der Waals surface area contributed by atoms with Gasteiger partial charge in [0.1, 0.15) is 0 Å². The number of hydrogen-bond acceptors (Lipinski definition) is 4. The smallest absolute Gasteiger partial charge is 0.213 e. The van der Waals surface area contributed by atoms with Crippen LogP contribution in [-0.2, 0) is 0 Å². The Labute approximate surface area is 87.7 Å². The van der Waals surface area contributed by atoms with Crippen LogP contribution in [0.25, 0.3) is 11.3 Å². The van der Waals surface area contributed by atoms with Gasteiger partial charge in [-0.15, -0.1) is 0 Å². The fourth-order valence-electron chi connectivity index (χ4n) is 1.29. The van der Waals surface area contributed by atoms with Gasteiger partial charge in [0.15, 0.2) is 0 Å². The lowest BCUT2D eigenvalue weighted by atomic mass is 10.1. The normalized spacial score (nSPS) is 9.93. The summed E-state index contributed by atoms with van der Waals surface area (Å²) in [5, 5.41) is 0. The third kappa shape index (κ3) is 2.04. The first kappa shape index (κ1) is 9.45. The highest BCUT2D eigenvalue weighted by Crippen LogP contribution is 2.21. The van der Waals surface area contributed by atoms with Crippen molar-refractivity contribution in [3.63, 3.8) is 0 Å². The van der Waals surface area contributed by atoms with E-state index in [2.05, 4.69) is 9.97 Å². The van der Waals surface area contributed by atoms with Crippen molar-refractivity contribution in [2.75, 3.05) is 12.8 Å². The lowest BCUT2D eigenvalue weighted by molar-refractivity contribution is 0.398. The van der Waals surface area contributed by atoms with E-state index in [9.17, 15) is 0 Å². The van der Waals surface area contributed by atoms with E-state index in [-0.39, 0.29) is 0 Å². The van der Waals surface area contributed by atoms with Crippen LogP contribution in [0, 0.1) is 0 Å². The highest BCUT2D eigenvalue weighted by molar-refractivity contribution is 5.63. The van der Waals surface area contributed by atoms with Gasteiger partial charge < -0.3 is 10.5 Å². The predicted molar refractivity (Wildman–Crippen MR) is 58.4 cm³/mol. The van der Waals surface area contributed by atoms with E-state index >= 15 is 0 Å². The number of hydrogen-bond donors (Lipinski definition) is 1. The molecule has 0 spiro atoms. The maximum Gasteiger partial charge on any atom is 0.213 e. The number of nitrogens with two attached hydrogens (primary N) is 1. The van der Waals surface area contributed by atoms with E-state index in [4.69, 9.17) is 10.5 Å². The summed E-state index contributed by atoms with van der Waals surface area (Å²) in [4.78, 5) is 8.25. The fourth-order valence-corrected chi connectivity index (χ4v) is 1.29. The molecule has 0 fully saturated rings. The van der Waals surface area contributed by atoms with E-state index < -0.39 is 0 Å². The van der Waals surface area contributed by atoms with Gasteiger partial charge in [-0.3, -0.25) is 4.98 Å². The molecule has 0 aliphatic rings. The molecule has 0 aliphatic heterocycles. The number of methoxy groups -OCH3 is 1. The molecule has 0 saturated carbocycles. The summed E-state index contributed by atoms with van der Waals surface area (Å²) in [7, 11) is 1.58. The molecule has 0 bridgehead atoms. The molecular formula is C11H11N3O. The Kier molecular flexibility index (Phi) is 2.49.